The highest BCUT2D eigenvalue weighted by Crippen LogP contribution is 2.24. The van der Waals surface area contributed by atoms with Crippen LogP contribution in [-0.2, 0) is 4.79 Å². The first-order valence-electron chi connectivity index (χ1n) is 8.39. The molecule has 0 bridgehead atoms. The summed E-state index contributed by atoms with van der Waals surface area (Å²) in [4.78, 5) is 29.1. The molecule has 1 N–H and O–H groups in total. The van der Waals surface area contributed by atoms with E-state index in [1.165, 1.54) is 12.1 Å². The van der Waals surface area contributed by atoms with E-state index < -0.39 is 23.2 Å². The number of nitrogens with zero attached hydrogens (tertiary/aromatic N) is 1. The highest BCUT2D eigenvalue weighted by molar-refractivity contribution is 6.31. The van der Waals surface area contributed by atoms with Crippen LogP contribution in [0.4, 0.5) is 4.39 Å². The summed E-state index contributed by atoms with van der Waals surface area (Å²) < 4.78 is 13.3. The van der Waals surface area contributed by atoms with E-state index >= 15 is 0 Å². The standard InChI is InChI=1S/C20H22ClFN2O2/c1-5-17(25)18(20(2,3)4)24-19(26)16-8-6-7-15(23-16)12-9-10-14(22)13(21)11-12/h6-11,18H,5H2,1-4H3,(H,24,26)/t18-/m1/s1. The molecular weight excluding hydrogens is 355 g/mol. The number of pyridine rings is 1. The summed E-state index contributed by atoms with van der Waals surface area (Å²) in [5, 5.41) is 2.77. The van der Waals surface area contributed by atoms with E-state index in [1.54, 1.807) is 31.2 Å². The zero-order chi connectivity index (χ0) is 19.5. The van der Waals surface area contributed by atoms with Crippen LogP contribution in [0.1, 0.15) is 44.6 Å². The molecule has 0 aliphatic carbocycles. The van der Waals surface area contributed by atoms with Crippen LogP contribution in [0.15, 0.2) is 36.4 Å². The summed E-state index contributed by atoms with van der Waals surface area (Å²) >= 11 is 5.82. The molecule has 1 amide bonds. The maximum Gasteiger partial charge on any atom is 0.270 e. The smallest absolute Gasteiger partial charge is 0.270 e. The van der Waals surface area contributed by atoms with Gasteiger partial charge in [0, 0.05) is 12.0 Å². The van der Waals surface area contributed by atoms with Crippen molar-refractivity contribution in [3.05, 3.63) is 52.9 Å². The summed E-state index contributed by atoms with van der Waals surface area (Å²) in [6.45, 7) is 7.46. The fourth-order valence-electron chi connectivity index (χ4n) is 2.57. The average molecular weight is 377 g/mol. The number of carbonyl (C=O) groups is 2. The highest BCUT2D eigenvalue weighted by Gasteiger charge is 2.32. The Labute approximate surface area is 157 Å². The number of rotatable bonds is 5. The number of ketones is 1. The number of hydrogen-bond acceptors (Lipinski definition) is 3. The molecule has 0 saturated carbocycles. The second-order valence-electron chi connectivity index (χ2n) is 7.13. The third-order valence-electron chi connectivity index (χ3n) is 4.01. The molecule has 0 spiro atoms. The SMILES string of the molecule is CCC(=O)[C@@H](NC(=O)c1cccc(-c2ccc(F)c(Cl)c2)n1)C(C)(C)C. The lowest BCUT2D eigenvalue weighted by Crippen LogP contribution is -2.49. The minimum absolute atomic E-state index is 0.0134. The Hall–Kier alpha value is -2.27. The van der Waals surface area contributed by atoms with Crippen molar-refractivity contribution in [3.8, 4) is 11.3 Å². The van der Waals surface area contributed by atoms with Gasteiger partial charge < -0.3 is 5.32 Å². The van der Waals surface area contributed by atoms with Crippen LogP contribution in [0.5, 0.6) is 0 Å². The lowest BCUT2D eigenvalue weighted by molar-refractivity contribution is -0.122. The Morgan fingerprint density at radius 1 is 1.23 bits per heavy atom. The van der Waals surface area contributed by atoms with Crippen molar-refractivity contribution in [3.63, 3.8) is 0 Å². The normalized spacial score (nSPS) is 12.5. The zero-order valence-electron chi connectivity index (χ0n) is 15.3. The first kappa shape index (κ1) is 20.0. The largest absolute Gasteiger partial charge is 0.340 e. The Morgan fingerprint density at radius 3 is 2.50 bits per heavy atom. The molecule has 0 radical (unpaired) electrons. The molecule has 0 aliphatic heterocycles. The van der Waals surface area contributed by atoms with Crippen LogP contribution in [-0.4, -0.2) is 22.7 Å². The van der Waals surface area contributed by atoms with Gasteiger partial charge in [-0.2, -0.15) is 0 Å². The molecule has 0 fully saturated rings. The van der Waals surface area contributed by atoms with Gasteiger partial charge in [0.05, 0.1) is 16.8 Å². The van der Waals surface area contributed by atoms with E-state index in [0.29, 0.717) is 17.7 Å². The minimum atomic E-state index is -0.606. The number of benzene rings is 1. The summed E-state index contributed by atoms with van der Waals surface area (Å²) in [7, 11) is 0. The monoisotopic (exact) mass is 376 g/mol. The molecule has 138 valence electrons. The van der Waals surface area contributed by atoms with Crippen molar-refractivity contribution in [1.29, 1.82) is 0 Å². The number of carbonyl (C=O) groups excluding carboxylic acids is 2. The van der Waals surface area contributed by atoms with Crippen molar-refractivity contribution in [2.45, 2.75) is 40.2 Å². The number of aromatic nitrogens is 1. The van der Waals surface area contributed by atoms with E-state index in [0.717, 1.165) is 0 Å². The van der Waals surface area contributed by atoms with Crippen LogP contribution < -0.4 is 5.32 Å². The van der Waals surface area contributed by atoms with Crippen LogP contribution in [0.3, 0.4) is 0 Å². The molecule has 1 atom stereocenters. The lowest BCUT2D eigenvalue weighted by atomic mass is 9.83. The van der Waals surface area contributed by atoms with Crippen molar-refractivity contribution in [2.75, 3.05) is 0 Å². The van der Waals surface area contributed by atoms with Gasteiger partial charge in [-0.05, 0) is 35.7 Å². The van der Waals surface area contributed by atoms with Gasteiger partial charge in [0.15, 0.2) is 5.78 Å². The molecule has 2 aromatic rings. The zero-order valence-corrected chi connectivity index (χ0v) is 16.0. The van der Waals surface area contributed by atoms with Gasteiger partial charge in [0.1, 0.15) is 11.5 Å². The summed E-state index contributed by atoms with van der Waals surface area (Å²) in [6, 6.07) is 8.61. The fraction of sp³-hybridized carbons (Fsp3) is 0.350. The molecule has 26 heavy (non-hydrogen) atoms. The van der Waals surface area contributed by atoms with E-state index in [-0.39, 0.29) is 16.5 Å². The highest BCUT2D eigenvalue weighted by atomic mass is 35.5. The topological polar surface area (TPSA) is 59.1 Å². The molecule has 0 unspecified atom stereocenters. The van der Waals surface area contributed by atoms with Crippen molar-refractivity contribution in [2.24, 2.45) is 5.41 Å². The van der Waals surface area contributed by atoms with Crippen LogP contribution >= 0.6 is 11.6 Å². The van der Waals surface area contributed by atoms with Gasteiger partial charge in [-0.25, -0.2) is 9.37 Å². The summed E-state index contributed by atoms with van der Waals surface area (Å²) in [6.07, 6.45) is 0.337. The van der Waals surface area contributed by atoms with Gasteiger partial charge in [0.2, 0.25) is 0 Å². The quantitative estimate of drug-likeness (QED) is 0.825. The molecule has 1 heterocycles. The third kappa shape index (κ3) is 4.67. The van der Waals surface area contributed by atoms with Gasteiger partial charge >= 0.3 is 0 Å². The summed E-state index contributed by atoms with van der Waals surface area (Å²) in [5.74, 6) is -0.982. The maximum atomic E-state index is 13.3. The van der Waals surface area contributed by atoms with E-state index in [4.69, 9.17) is 11.6 Å². The van der Waals surface area contributed by atoms with E-state index in [1.807, 2.05) is 20.8 Å². The lowest BCUT2D eigenvalue weighted by Gasteiger charge is -2.30. The molecular formula is C20H22ClFN2O2. The molecule has 1 aromatic carbocycles. The molecule has 6 heteroatoms. The van der Waals surface area contributed by atoms with Crippen LogP contribution in [0.2, 0.25) is 5.02 Å². The Morgan fingerprint density at radius 2 is 1.92 bits per heavy atom. The van der Waals surface area contributed by atoms with Crippen LogP contribution in [0, 0.1) is 11.2 Å². The Balaban J connectivity index is 2.30. The van der Waals surface area contributed by atoms with E-state index in [2.05, 4.69) is 10.3 Å². The van der Waals surface area contributed by atoms with Gasteiger partial charge in [0.25, 0.3) is 5.91 Å². The number of halogens is 2. The van der Waals surface area contributed by atoms with Crippen molar-refractivity contribution >= 4 is 23.3 Å². The first-order chi connectivity index (χ1) is 12.1. The van der Waals surface area contributed by atoms with Gasteiger partial charge in [-0.15, -0.1) is 0 Å². The number of hydrogen-bond donors (Lipinski definition) is 1. The van der Waals surface area contributed by atoms with E-state index in [9.17, 15) is 14.0 Å². The third-order valence-corrected chi connectivity index (χ3v) is 4.30. The molecule has 4 nitrogen and oxygen atoms in total. The Bertz CT molecular complexity index is 831. The van der Waals surface area contributed by atoms with Gasteiger partial charge in [-0.3, -0.25) is 9.59 Å². The second-order valence-corrected chi connectivity index (χ2v) is 7.54. The Kier molecular flexibility index (Phi) is 6.13. The average Bonchev–Trinajstić information content (AvgIpc) is 2.60. The first-order valence-corrected chi connectivity index (χ1v) is 8.77. The number of amides is 1. The van der Waals surface area contributed by atoms with Crippen molar-refractivity contribution < 1.29 is 14.0 Å². The molecule has 2 rings (SSSR count). The van der Waals surface area contributed by atoms with Crippen molar-refractivity contribution in [1.82, 2.24) is 10.3 Å². The molecule has 0 aliphatic rings. The second kappa shape index (κ2) is 7.96. The number of nitrogens with one attached hydrogen (secondary N) is 1. The molecule has 1 aromatic heterocycles. The van der Waals surface area contributed by atoms with Crippen LogP contribution in [0.25, 0.3) is 11.3 Å². The predicted molar refractivity (Wildman–Crippen MR) is 101 cm³/mol. The van der Waals surface area contributed by atoms with Gasteiger partial charge in [-0.1, -0.05) is 45.4 Å². The summed E-state index contributed by atoms with van der Waals surface area (Å²) in [5.41, 5.74) is 0.864. The fourth-order valence-corrected chi connectivity index (χ4v) is 2.75. The minimum Gasteiger partial charge on any atom is -0.340 e. The number of Topliss-reactive ketones (excluding diaryl/α,β-unsaturated/α-hetero) is 1. The predicted octanol–water partition coefficient (Wildman–Crippen LogP) is 4.66. The molecule has 0 saturated heterocycles. The maximum absolute atomic E-state index is 13.3.